The van der Waals surface area contributed by atoms with Crippen LogP contribution in [0.4, 0.5) is 5.69 Å². The molecular formula is C14H22N2O2. The number of hydrogen-bond acceptors (Lipinski definition) is 3. The highest BCUT2D eigenvalue weighted by Crippen LogP contribution is 2.33. The van der Waals surface area contributed by atoms with E-state index in [1.807, 2.05) is 24.9 Å². The van der Waals surface area contributed by atoms with Gasteiger partial charge in [-0.15, -0.1) is 0 Å². The Kier molecular flexibility index (Phi) is 4.59. The Morgan fingerprint density at radius 3 is 2.50 bits per heavy atom. The zero-order chi connectivity index (χ0) is 13.9. The van der Waals surface area contributed by atoms with Crippen LogP contribution >= 0.6 is 0 Å². The first-order chi connectivity index (χ1) is 8.36. The zero-order valence-electron chi connectivity index (χ0n) is 11.8. The highest BCUT2D eigenvalue weighted by molar-refractivity contribution is 5.80. The van der Waals surface area contributed by atoms with Gasteiger partial charge < -0.3 is 15.4 Å². The molecule has 2 N–H and O–H groups in total. The lowest BCUT2D eigenvalue weighted by Gasteiger charge is -2.23. The van der Waals surface area contributed by atoms with Crippen LogP contribution < -0.4 is 15.4 Å². The van der Waals surface area contributed by atoms with E-state index in [4.69, 9.17) is 10.5 Å². The minimum atomic E-state index is -0.334. The van der Waals surface area contributed by atoms with E-state index in [1.54, 1.807) is 7.11 Å². The molecule has 0 fully saturated rings. The quantitative estimate of drug-likeness (QED) is 0.870. The average molecular weight is 250 g/mol. The van der Waals surface area contributed by atoms with E-state index < -0.39 is 0 Å². The van der Waals surface area contributed by atoms with E-state index in [0.717, 1.165) is 22.6 Å². The van der Waals surface area contributed by atoms with Crippen molar-refractivity contribution < 1.29 is 9.53 Å². The second-order valence-corrected chi connectivity index (χ2v) is 4.86. The van der Waals surface area contributed by atoms with Crippen LogP contribution in [0.5, 0.6) is 5.75 Å². The number of aryl methyl sites for hydroxylation is 1. The summed E-state index contributed by atoms with van der Waals surface area (Å²) >= 11 is 0. The highest BCUT2D eigenvalue weighted by Gasteiger charge is 2.14. The van der Waals surface area contributed by atoms with Crippen LogP contribution in [0.25, 0.3) is 0 Å². The van der Waals surface area contributed by atoms with Crippen molar-refractivity contribution in [3.8, 4) is 5.75 Å². The van der Waals surface area contributed by atoms with Gasteiger partial charge in [0.2, 0.25) is 5.91 Å². The van der Waals surface area contributed by atoms with E-state index in [0.29, 0.717) is 5.92 Å². The maximum absolute atomic E-state index is 11.0. The lowest BCUT2D eigenvalue weighted by atomic mass is 9.98. The Bertz CT molecular complexity index is 442. The molecule has 1 amide bonds. The third kappa shape index (κ3) is 3.15. The van der Waals surface area contributed by atoms with E-state index in [1.165, 1.54) is 0 Å². The van der Waals surface area contributed by atoms with Gasteiger partial charge in [-0.25, -0.2) is 0 Å². The number of anilines is 1. The standard InChI is InChI=1S/C14H22N2O2/c1-9(2)11-7-12(16(4)8-14(15)17)10(3)6-13(11)18-5/h6-7,9H,8H2,1-5H3,(H2,15,17). The number of ether oxygens (including phenoxy) is 1. The Hall–Kier alpha value is -1.71. The largest absolute Gasteiger partial charge is 0.496 e. The molecule has 4 heteroatoms. The zero-order valence-corrected chi connectivity index (χ0v) is 11.8. The SMILES string of the molecule is COc1cc(C)c(N(C)CC(N)=O)cc1C(C)C. The molecule has 0 radical (unpaired) electrons. The normalized spacial score (nSPS) is 10.6. The fourth-order valence-electron chi connectivity index (χ4n) is 2.04. The molecule has 0 aromatic heterocycles. The van der Waals surface area contributed by atoms with E-state index >= 15 is 0 Å². The molecule has 0 spiro atoms. The molecule has 1 aromatic carbocycles. The van der Waals surface area contributed by atoms with Gasteiger partial charge in [-0.2, -0.15) is 0 Å². The number of carbonyl (C=O) groups excluding carboxylic acids is 1. The van der Waals surface area contributed by atoms with Gasteiger partial charge >= 0.3 is 0 Å². The molecule has 0 aliphatic rings. The molecule has 1 aromatic rings. The Morgan fingerprint density at radius 1 is 1.44 bits per heavy atom. The third-order valence-corrected chi connectivity index (χ3v) is 2.97. The Labute approximate surface area is 109 Å². The van der Waals surface area contributed by atoms with Gasteiger partial charge in [0.05, 0.1) is 13.7 Å². The number of nitrogens with two attached hydrogens (primary N) is 1. The minimum Gasteiger partial charge on any atom is -0.496 e. The number of hydrogen-bond donors (Lipinski definition) is 1. The van der Waals surface area contributed by atoms with Crippen LogP contribution in [0, 0.1) is 6.92 Å². The van der Waals surface area contributed by atoms with E-state index in [-0.39, 0.29) is 12.5 Å². The van der Waals surface area contributed by atoms with Crippen molar-refractivity contribution >= 4 is 11.6 Å². The monoisotopic (exact) mass is 250 g/mol. The number of methoxy groups -OCH3 is 1. The van der Waals surface area contributed by atoms with Gasteiger partial charge in [-0.3, -0.25) is 4.79 Å². The van der Waals surface area contributed by atoms with Gasteiger partial charge in [0.25, 0.3) is 0 Å². The fourth-order valence-corrected chi connectivity index (χ4v) is 2.04. The van der Waals surface area contributed by atoms with Gasteiger partial charge in [0, 0.05) is 12.7 Å². The summed E-state index contributed by atoms with van der Waals surface area (Å²) in [7, 11) is 3.54. The first kappa shape index (κ1) is 14.4. The van der Waals surface area contributed by atoms with Gasteiger partial charge in [0.15, 0.2) is 0 Å². The van der Waals surface area contributed by atoms with Crippen LogP contribution in [0.15, 0.2) is 12.1 Å². The van der Waals surface area contributed by atoms with Crippen molar-refractivity contribution in [3.63, 3.8) is 0 Å². The minimum absolute atomic E-state index is 0.213. The van der Waals surface area contributed by atoms with Crippen molar-refractivity contribution in [2.24, 2.45) is 5.73 Å². The number of primary amides is 1. The molecule has 18 heavy (non-hydrogen) atoms. The van der Waals surface area contributed by atoms with Crippen molar-refractivity contribution in [2.75, 3.05) is 25.6 Å². The highest BCUT2D eigenvalue weighted by atomic mass is 16.5. The molecule has 0 saturated carbocycles. The Morgan fingerprint density at radius 2 is 2.06 bits per heavy atom. The molecule has 0 saturated heterocycles. The predicted octanol–water partition coefficient (Wildman–Crippen LogP) is 2.05. The topological polar surface area (TPSA) is 55.6 Å². The number of likely N-dealkylation sites (N-methyl/N-ethyl adjacent to an activating group) is 1. The first-order valence-electron chi connectivity index (χ1n) is 6.04. The predicted molar refractivity (Wildman–Crippen MR) is 74.3 cm³/mol. The molecular weight excluding hydrogens is 228 g/mol. The smallest absolute Gasteiger partial charge is 0.236 e. The first-order valence-corrected chi connectivity index (χ1v) is 6.04. The molecule has 0 heterocycles. The van der Waals surface area contributed by atoms with E-state index in [2.05, 4.69) is 19.9 Å². The van der Waals surface area contributed by atoms with E-state index in [9.17, 15) is 4.79 Å². The molecule has 0 aliphatic heterocycles. The summed E-state index contributed by atoms with van der Waals surface area (Å²) in [5.41, 5.74) is 8.44. The summed E-state index contributed by atoms with van der Waals surface area (Å²) in [6, 6.07) is 4.07. The number of amides is 1. The number of rotatable bonds is 5. The van der Waals surface area contributed by atoms with Crippen LogP contribution in [0.3, 0.4) is 0 Å². The summed E-state index contributed by atoms with van der Waals surface area (Å²) in [5.74, 6) is 0.916. The molecule has 1 rings (SSSR count). The molecule has 0 atom stereocenters. The van der Waals surface area contributed by atoms with Crippen molar-refractivity contribution in [3.05, 3.63) is 23.3 Å². The number of carbonyl (C=O) groups is 1. The van der Waals surface area contributed by atoms with Gasteiger partial charge in [0.1, 0.15) is 5.75 Å². The fraction of sp³-hybridized carbons (Fsp3) is 0.500. The van der Waals surface area contributed by atoms with Gasteiger partial charge in [-0.1, -0.05) is 13.8 Å². The second-order valence-electron chi connectivity index (χ2n) is 4.86. The lowest BCUT2D eigenvalue weighted by Crippen LogP contribution is -2.31. The van der Waals surface area contributed by atoms with Crippen molar-refractivity contribution in [2.45, 2.75) is 26.7 Å². The van der Waals surface area contributed by atoms with Crippen LogP contribution in [0.1, 0.15) is 30.9 Å². The maximum Gasteiger partial charge on any atom is 0.236 e. The van der Waals surface area contributed by atoms with Crippen LogP contribution in [0.2, 0.25) is 0 Å². The van der Waals surface area contributed by atoms with Crippen LogP contribution in [-0.4, -0.2) is 26.6 Å². The molecule has 100 valence electrons. The summed E-state index contributed by atoms with van der Waals surface area (Å²) in [6.07, 6.45) is 0. The molecule has 0 bridgehead atoms. The summed E-state index contributed by atoms with van der Waals surface area (Å²) < 4.78 is 5.39. The lowest BCUT2D eigenvalue weighted by molar-refractivity contribution is -0.116. The van der Waals surface area contributed by atoms with Crippen LogP contribution in [-0.2, 0) is 4.79 Å². The number of benzene rings is 1. The Balaban J connectivity index is 3.20. The van der Waals surface area contributed by atoms with Crippen molar-refractivity contribution in [1.82, 2.24) is 0 Å². The molecule has 4 nitrogen and oxygen atoms in total. The average Bonchev–Trinajstić information content (AvgIpc) is 2.26. The van der Waals surface area contributed by atoms with Gasteiger partial charge in [-0.05, 0) is 36.1 Å². The second kappa shape index (κ2) is 5.76. The molecule has 0 unspecified atom stereocenters. The summed E-state index contributed by atoms with van der Waals surface area (Å²) in [6.45, 7) is 6.44. The van der Waals surface area contributed by atoms with Crippen molar-refractivity contribution in [1.29, 1.82) is 0 Å². The summed E-state index contributed by atoms with van der Waals surface area (Å²) in [5, 5.41) is 0. The maximum atomic E-state index is 11.0. The third-order valence-electron chi connectivity index (χ3n) is 2.97. The number of nitrogens with zero attached hydrogens (tertiary/aromatic N) is 1. The summed E-state index contributed by atoms with van der Waals surface area (Å²) in [4.78, 5) is 12.9. The molecule has 0 aliphatic carbocycles.